The smallest absolute Gasteiger partial charge is 0.0590 e. The van der Waals surface area contributed by atoms with Crippen LogP contribution in [0.2, 0.25) is 10.0 Å². The molecule has 0 aliphatic heterocycles. The van der Waals surface area contributed by atoms with Crippen molar-refractivity contribution in [1.82, 2.24) is 5.32 Å². The van der Waals surface area contributed by atoms with Gasteiger partial charge in [-0.3, -0.25) is 0 Å². The molecule has 2 rings (SSSR count). The number of aryl methyl sites for hydroxylation is 2. The second-order valence-corrected chi connectivity index (χ2v) is 6.70. The number of hydrogen-bond acceptors (Lipinski definition) is 2. The Morgan fingerprint density at radius 2 is 2.00 bits per heavy atom. The van der Waals surface area contributed by atoms with Crippen LogP contribution in [0.5, 0.6) is 0 Å². The van der Waals surface area contributed by atoms with Gasteiger partial charge < -0.3 is 5.32 Å². The topological polar surface area (TPSA) is 12.0 Å². The lowest BCUT2D eigenvalue weighted by Crippen LogP contribution is -2.22. The molecule has 1 nitrogen and oxygen atoms in total. The molecule has 0 bridgehead atoms. The molecule has 1 N–H and O–H groups in total. The van der Waals surface area contributed by atoms with Gasteiger partial charge in [0.1, 0.15) is 0 Å². The third kappa shape index (κ3) is 3.56. The molecule has 1 atom stereocenters. The van der Waals surface area contributed by atoms with Gasteiger partial charge in [0.2, 0.25) is 0 Å². The molecule has 0 saturated carbocycles. The molecule has 0 saturated heterocycles. The average molecular weight is 328 g/mol. The molecular weight excluding hydrogens is 309 g/mol. The summed E-state index contributed by atoms with van der Waals surface area (Å²) in [4.78, 5) is 1.20. The summed E-state index contributed by atoms with van der Waals surface area (Å²) < 4.78 is 0. The van der Waals surface area contributed by atoms with E-state index >= 15 is 0 Å². The van der Waals surface area contributed by atoms with Gasteiger partial charge in [-0.2, -0.15) is 0 Å². The minimum absolute atomic E-state index is 0.214. The van der Waals surface area contributed by atoms with Gasteiger partial charge in [-0.05, 0) is 54.9 Å². The molecule has 1 unspecified atom stereocenters. The van der Waals surface area contributed by atoms with Crippen molar-refractivity contribution >= 4 is 34.5 Å². The normalized spacial score (nSPS) is 12.7. The maximum Gasteiger partial charge on any atom is 0.0590 e. The van der Waals surface area contributed by atoms with Crippen LogP contribution in [0.4, 0.5) is 0 Å². The third-order valence-electron chi connectivity index (χ3n) is 3.32. The van der Waals surface area contributed by atoms with Crippen LogP contribution in [0, 0.1) is 13.8 Å². The third-order valence-corrected chi connectivity index (χ3v) is 5.50. The minimum Gasteiger partial charge on any atom is -0.309 e. The molecule has 0 aliphatic carbocycles. The molecule has 1 aromatic carbocycles. The molecule has 0 fully saturated rings. The monoisotopic (exact) mass is 327 g/mol. The first-order valence-corrected chi connectivity index (χ1v) is 8.38. The molecule has 0 aliphatic rings. The number of thiophene rings is 1. The molecule has 0 amide bonds. The van der Waals surface area contributed by atoms with Crippen molar-refractivity contribution in [2.45, 2.75) is 33.2 Å². The first-order valence-electron chi connectivity index (χ1n) is 6.74. The van der Waals surface area contributed by atoms with Gasteiger partial charge in [0.25, 0.3) is 0 Å². The molecule has 108 valence electrons. The molecule has 4 heteroatoms. The van der Waals surface area contributed by atoms with Gasteiger partial charge in [0, 0.05) is 15.9 Å². The zero-order valence-corrected chi connectivity index (χ0v) is 14.3. The maximum absolute atomic E-state index is 6.41. The standard InChI is InChI=1S/C16H19Cl2NS/c1-4-19-14(16-15(18)11(3)9-20-16)8-12-6-5-10(2)7-13(12)17/h5-7,9,14,19H,4,8H2,1-3H3. The summed E-state index contributed by atoms with van der Waals surface area (Å²) in [6, 6.07) is 6.44. The van der Waals surface area contributed by atoms with E-state index in [0.29, 0.717) is 0 Å². The number of likely N-dealkylation sites (N-methyl/N-ethyl adjacent to an activating group) is 1. The van der Waals surface area contributed by atoms with Gasteiger partial charge >= 0.3 is 0 Å². The zero-order chi connectivity index (χ0) is 14.7. The number of rotatable bonds is 5. The lowest BCUT2D eigenvalue weighted by atomic mass is 10.0. The summed E-state index contributed by atoms with van der Waals surface area (Å²) in [5.41, 5.74) is 3.48. The predicted octanol–water partition coefficient (Wildman–Crippen LogP) is 5.57. The Balaban J connectivity index is 2.28. The van der Waals surface area contributed by atoms with E-state index in [0.717, 1.165) is 34.1 Å². The molecular formula is C16H19Cl2NS. The van der Waals surface area contributed by atoms with Crippen molar-refractivity contribution < 1.29 is 0 Å². The van der Waals surface area contributed by atoms with Crippen LogP contribution in [-0.2, 0) is 6.42 Å². The second kappa shape index (κ2) is 6.95. The Kier molecular flexibility index (Phi) is 5.50. The van der Waals surface area contributed by atoms with Crippen molar-refractivity contribution in [1.29, 1.82) is 0 Å². The van der Waals surface area contributed by atoms with E-state index in [1.807, 2.05) is 13.0 Å². The van der Waals surface area contributed by atoms with Gasteiger partial charge in [-0.15, -0.1) is 11.3 Å². The fraction of sp³-hybridized carbons (Fsp3) is 0.375. The summed E-state index contributed by atoms with van der Waals surface area (Å²) in [6.45, 7) is 7.11. The minimum atomic E-state index is 0.214. The predicted molar refractivity (Wildman–Crippen MR) is 90.4 cm³/mol. The van der Waals surface area contributed by atoms with Crippen LogP contribution in [0.25, 0.3) is 0 Å². The Morgan fingerprint density at radius 3 is 2.55 bits per heavy atom. The van der Waals surface area contributed by atoms with Crippen molar-refractivity contribution in [2.75, 3.05) is 6.54 Å². The van der Waals surface area contributed by atoms with Crippen molar-refractivity contribution in [2.24, 2.45) is 0 Å². The van der Waals surface area contributed by atoms with E-state index in [1.165, 1.54) is 10.4 Å². The molecule has 0 radical (unpaired) electrons. The Bertz CT molecular complexity index is 592. The fourth-order valence-corrected chi connectivity index (χ4v) is 3.94. The second-order valence-electron chi connectivity index (χ2n) is 5.01. The van der Waals surface area contributed by atoms with Crippen LogP contribution < -0.4 is 5.32 Å². The van der Waals surface area contributed by atoms with Gasteiger partial charge in [-0.1, -0.05) is 42.3 Å². The largest absolute Gasteiger partial charge is 0.309 e. The van der Waals surface area contributed by atoms with E-state index in [2.05, 4.69) is 36.7 Å². The van der Waals surface area contributed by atoms with E-state index in [-0.39, 0.29) is 6.04 Å². The molecule has 20 heavy (non-hydrogen) atoms. The zero-order valence-electron chi connectivity index (χ0n) is 12.0. The van der Waals surface area contributed by atoms with Crippen molar-refractivity contribution in [3.05, 3.63) is 55.2 Å². The van der Waals surface area contributed by atoms with Crippen LogP contribution in [0.1, 0.15) is 34.5 Å². The van der Waals surface area contributed by atoms with E-state index in [4.69, 9.17) is 23.2 Å². The number of halogens is 2. The summed E-state index contributed by atoms with van der Waals surface area (Å²) in [7, 11) is 0. The van der Waals surface area contributed by atoms with Crippen LogP contribution in [-0.4, -0.2) is 6.54 Å². The lowest BCUT2D eigenvalue weighted by molar-refractivity contribution is 0.558. The Hall–Kier alpha value is -0.540. The van der Waals surface area contributed by atoms with Gasteiger partial charge in [0.15, 0.2) is 0 Å². The first kappa shape index (κ1) is 15.8. The fourth-order valence-electron chi connectivity index (χ4n) is 2.23. The summed E-state index contributed by atoms with van der Waals surface area (Å²) in [5, 5.41) is 7.33. The highest BCUT2D eigenvalue weighted by molar-refractivity contribution is 7.10. The summed E-state index contributed by atoms with van der Waals surface area (Å²) in [6.07, 6.45) is 0.854. The van der Waals surface area contributed by atoms with Crippen molar-refractivity contribution in [3.8, 4) is 0 Å². The van der Waals surface area contributed by atoms with Crippen LogP contribution >= 0.6 is 34.5 Å². The molecule has 2 aromatic rings. The van der Waals surface area contributed by atoms with E-state index in [9.17, 15) is 0 Å². The Labute approximate surface area is 134 Å². The molecule has 1 aromatic heterocycles. The maximum atomic E-state index is 6.41. The van der Waals surface area contributed by atoms with Crippen LogP contribution in [0.15, 0.2) is 23.6 Å². The lowest BCUT2D eigenvalue weighted by Gasteiger charge is -2.18. The number of benzene rings is 1. The SMILES string of the molecule is CCNC(Cc1ccc(C)cc1Cl)c1scc(C)c1Cl. The highest BCUT2D eigenvalue weighted by atomic mass is 35.5. The Morgan fingerprint density at radius 1 is 1.25 bits per heavy atom. The summed E-state index contributed by atoms with van der Waals surface area (Å²) in [5.74, 6) is 0. The van der Waals surface area contributed by atoms with Gasteiger partial charge in [0.05, 0.1) is 5.02 Å². The van der Waals surface area contributed by atoms with Crippen molar-refractivity contribution in [3.63, 3.8) is 0 Å². The number of nitrogens with one attached hydrogen (secondary N) is 1. The average Bonchev–Trinajstić information content (AvgIpc) is 2.73. The number of hydrogen-bond donors (Lipinski definition) is 1. The van der Waals surface area contributed by atoms with Crippen LogP contribution in [0.3, 0.4) is 0 Å². The van der Waals surface area contributed by atoms with E-state index in [1.54, 1.807) is 11.3 Å². The highest BCUT2D eigenvalue weighted by Gasteiger charge is 2.18. The van der Waals surface area contributed by atoms with Gasteiger partial charge in [-0.25, -0.2) is 0 Å². The summed E-state index contributed by atoms with van der Waals surface area (Å²) >= 11 is 14.5. The first-order chi connectivity index (χ1) is 9.52. The van der Waals surface area contributed by atoms with E-state index < -0.39 is 0 Å². The highest BCUT2D eigenvalue weighted by Crippen LogP contribution is 2.35. The quantitative estimate of drug-likeness (QED) is 0.757. The molecule has 1 heterocycles. The molecule has 0 spiro atoms.